The highest BCUT2D eigenvalue weighted by Gasteiger charge is 2.29. The van der Waals surface area contributed by atoms with E-state index in [1.165, 1.54) is 4.68 Å². The lowest BCUT2D eigenvalue weighted by molar-refractivity contribution is 0.0118. The second-order valence-electron chi connectivity index (χ2n) is 6.05. The van der Waals surface area contributed by atoms with E-state index >= 15 is 0 Å². The van der Waals surface area contributed by atoms with Gasteiger partial charge in [0.25, 0.3) is 11.8 Å². The number of aromatic nitrogens is 3. The zero-order chi connectivity index (χ0) is 19.3. The molecule has 1 aromatic carbocycles. The standard InChI is InChI=1S/C17H23F2N5O2/c1-4-14-15(16(25)21-10-17(18,19)9-20)22-23-24(14)12-5-7-13(8-6-12)26-11(2)3/h5-8,11H,4,9-10,20H2,1-3H3,(H,21,25). The van der Waals surface area contributed by atoms with Crippen LogP contribution in [0.4, 0.5) is 8.78 Å². The highest BCUT2D eigenvalue weighted by Crippen LogP contribution is 2.19. The summed E-state index contributed by atoms with van der Waals surface area (Å²) >= 11 is 0. The fourth-order valence-corrected chi connectivity index (χ4v) is 2.31. The van der Waals surface area contributed by atoms with Crippen LogP contribution in [0.15, 0.2) is 24.3 Å². The molecule has 0 atom stereocenters. The van der Waals surface area contributed by atoms with Crippen molar-refractivity contribution in [1.82, 2.24) is 20.3 Å². The predicted octanol–water partition coefficient (Wildman–Crippen LogP) is 1.94. The van der Waals surface area contributed by atoms with Crippen molar-refractivity contribution in [2.24, 2.45) is 5.73 Å². The SMILES string of the molecule is CCc1c(C(=O)NCC(F)(F)CN)nnn1-c1ccc(OC(C)C)cc1. The van der Waals surface area contributed by atoms with Crippen LogP contribution in [-0.4, -0.2) is 46.0 Å². The van der Waals surface area contributed by atoms with Gasteiger partial charge in [-0.25, -0.2) is 13.5 Å². The first-order chi connectivity index (χ1) is 12.3. The van der Waals surface area contributed by atoms with Gasteiger partial charge in [-0.1, -0.05) is 12.1 Å². The molecule has 142 valence electrons. The van der Waals surface area contributed by atoms with Crippen molar-refractivity contribution in [2.45, 2.75) is 39.2 Å². The summed E-state index contributed by atoms with van der Waals surface area (Å²) in [6.45, 7) is 4.00. The number of amides is 1. The van der Waals surface area contributed by atoms with Crippen LogP contribution in [0.1, 0.15) is 37.0 Å². The third-order valence-corrected chi connectivity index (χ3v) is 3.57. The van der Waals surface area contributed by atoms with E-state index in [0.717, 1.165) is 0 Å². The first-order valence-electron chi connectivity index (χ1n) is 8.35. The Labute approximate surface area is 150 Å². The summed E-state index contributed by atoms with van der Waals surface area (Å²) in [6, 6.07) is 7.15. The first-order valence-corrected chi connectivity index (χ1v) is 8.35. The number of halogens is 2. The number of rotatable bonds is 8. The lowest BCUT2D eigenvalue weighted by Crippen LogP contribution is -2.41. The normalized spacial score (nSPS) is 11.7. The zero-order valence-corrected chi connectivity index (χ0v) is 15.0. The number of nitrogens with zero attached hydrogens (tertiary/aromatic N) is 3. The highest BCUT2D eigenvalue weighted by atomic mass is 19.3. The number of carbonyl (C=O) groups is 1. The van der Waals surface area contributed by atoms with Gasteiger partial charge < -0.3 is 15.8 Å². The van der Waals surface area contributed by atoms with E-state index in [-0.39, 0.29) is 11.8 Å². The molecule has 0 radical (unpaired) electrons. The van der Waals surface area contributed by atoms with Crippen LogP contribution in [0.2, 0.25) is 0 Å². The van der Waals surface area contributed by atoms with Gasteiger partial charge in [0, 0.05) is 0 Å². The van der Waals surface area contributed by atoms with E-state index in [0.29, 0.717) is 23.6 Å². The van der Waals surface area contributed by atoms with E-state index in [1.54, 1.807) is 24.3 Å². The van der Waals surface area contributed by atoms with Gasteiger partial charge in [0.15, 0.2) is 5.69 Å². The van der Waals surface area contributed by atoms with E-state index < -0.39 is 24.9 Å². The molecule has 0 saturated heterocycles. The quantitative estimate of drug-likeness (QED) is 0.743. The molecule has 0 aliphatic carbocycles. The summed E-state index contributed by atoms with van der Waals surface area (Å²) in [6.07, 6.45) is 0.508. The maximum Gasteiger partial charge on any atom is 0.277 e. The van der Waals surface area contributed by atoms with Crippen LogP contribution in [0.3, 0.4) is 0 Å². The van der Waals surface area contributed by atoms with Gasteiger partial charge in [-0.3, -0.25) is 4.79 Å². The number of benzene rings is 1. The average Bonchev–Trinajstić information content (AvgIpc) is 3.04. The topological polar surface area (TPSA) is 95.1 Å². The van der Waals surface area contributed by atoms with Crippen LogP contribution < -0.4 is 15.8 Å². The molecule has 7 nitrogen and oxygen atoms in total. The maximum atomic E-state index is 13.2. The number of ether oxygens (including phenoxy) is 1. The number of nitrogens with two attached hydrogens (primary N) is 1. The van der Waals surface area contributed by atoms with Crippen molar-refractivity contribution in [2.75, 3.05) is 13.1 Å². The Balaban J connectivity index is 2.20. The van der Waals surface area contributed by atoms with Crippen LogP contribution in [0, 0.1) is 0 Å². The molecular weight excluding hydrogens is 344 g/mol. The van der Waals surface area contributed by atoms with Gasteiger partial charge >= 0.3 is 0 Å². The minimum Gasteiger partial charge on any atom is -0.491 e. The molecule has 0 bridgehead atoms. The van der Waals surface area contributed by atoms with Crippen LogP contribution in [0.5, 0.6) is 5.75 Å². The van der Waals surface area contributed by atoms with Crippen LogP contribution in [0.25, 0.3) is 5.69 Å². The van der Waals surface area contributed by atoms with Gasteiger partial charge in [-0.15, -0.1) is 5.10 Å². The second-order valence-corrected chi connectivity index (χ2v) is 6.05. The molecule has 0 spiro atoms. The third-order valence-electron chi connectivity index (χ3n) is 3.57. The molecule has 1 aromatic heterocycles. The fraction of sp³-hybridized carbons (Fsp3) is 0.471. The summed E-state index contributed by atoms with van der Waals surface area (Å²) in [5.74, 6) is -3.16. The van der Waals surface area contributed by atoms with Crippen LogP contribution in [-0.2, 0) is 6.42 Å². The van der Waals surface area contributed by atoms with Gasteiger partial charge in [0.1, 0.15) is 5.75 Å². The van der Waals surface area contributed by atoms with Crippen LogP contribution >= 0.6 is 0 Å². The molecular formula is C17H23F2N5O2. The monoisotopic (exact) mass is 367 g/mol. The fourth-order valence-electron chi connectivity index (χ4n) is 2.31. The molecule has 1 heterocycles. The minimum absolute atomic E-state index is 0.0165. The number of carbonyl (C=O) groups excluding carboxylic acids is 1. The van der Waals surface area contributed by atoms with Gasteiger partial charge in [-0.2, -0.15) is 0 Å². The molecule has 1 amide bonds. The van der Waals surface area contributed by atoms with E-state index in [9.17, 15) is 13.6 Å². The number of nitrogens with one attached hydrogen (secondary N) is 1. The van der Waals surface area contributed by atoms with E-state index in [1.807, 2.05) is 20.8 Å². The zero-order valence-electron chi connectivity index (χ0n) is 15.0. The minimum atomic E-state index is -3.16. The van der Waals surface area contributed by atoms with Gasteiger partial charge in [0.05, 0.1) is 30.6 Å². The summed E-state index contributed by atoms with van der Waals surface area (Å²) in [4.78, 5) is 12.2. The molecule has 2 aromatic rings. The molecule has 0 aliphatic heterocycles. The average molecular weight is 367 g/mol. The predicted molar refractivity (Wildman–Crippen MR) is 92.8 cm³/mol. The van der Waals surface area contributed by atoms with Crippen molar-refractivity contribution >= 4 is 5.91 Å². The number of hydrogen-bond acceptors (Lipinski definition) is 5. The summed E-state index contributed by atoms with van der Waals surface area (Å²) in [5.41, 5.74) is 6.20. The molecule has 2 rings (SSSR count). The number of hydrogen-bond donors (Lipinski definition) is 2. The third kappa shape index (κ3) is 4.75. The summed E-state index contributed by atoms with van der Waals surface area (Å²) in [5, 5.41) is 10.00. The Hall–Kier alpha value is -2.55. The Morgan fingerprint density at radius 3 is 2.54 bits per heavy atom. The molecule has 0 saturated carbocycles. The van der Waals surface area contributed by atoms with Gasteiger partial charge in [-0.05, 0) is 44.5 Å². The van der Waals surface area contributed by atoms with Gasteiger partial charge in [0.2, 0.25) is 0 Å². The van der Waals surface area contributed by atoms with Crippen molar-refractivity contribution in [3.05, 3.63) is 35.7 Å². The summed E-state index contributed by atoms with van der Waals surface area (Å²) in [7, 11) is 0. The Kier molecular flexibility index (Phi) is 6.25. The molecule has 3 N–H and O–H groups in total. The smallest absolute Gasteiger partial charge is 0.277 e. The van der Waals surface area contributed by atoms with Crippen molar-refractivity contribution < 1.29 is 18.3 Å². The van der Waals surface area contributed by atoms with Crippen molar-refractivity contribution in [3.63, 3.8) is 0 Å². The van der Waals surface area contributed by atoms with E-state index in [4.69, 9.17) is 10.5 Å². The number of alkyl halides is 2. The molecule has 0 unspecified atom stereocenters. The molecule has 0 aliphatic rings. The molecule has 26 heavy (non-hydrogen) atoms. The molecule has 0 fully saturated rings. The molecule has 9 heteroatoms. The lowest BCUT2D eigenvalue weighted by atomic mass is 10.2. The second kappa shape index (κ2) is 8.22. The van der Waals surface area contributed by atoms with E-state index in [2.05, 4.69) is 15.6 Å². The van der Waals surface area contributed by atoms with Crippen molar-refractivity contribution in [1.29, 1.82) is 0 Å². The highest BCUT2D eigenvalue weighted by molar-refractivity contribution is 5.93. The summed E-state index contributed by atoms with van der Waals surface area (Å²) < 4.78 is 33.5. The van der Waals surface area contributed by atoms with Crippen molar-refractivity contribution in [3.8, 4) is 11.4 Å². The lowest BCUT2D eigenvalue weighted by Gasteiger charge is -2.14. The first kappa shape index (κ1) is 19.8. The Bertz CT molecular complexity index is 744. The Morgan fingerprint density at radius 2 is 2.00 bits per heavy atom. The maximum absolute atomic E-state index is 13.2. The Morgan fingerprint density at radius 1 is 1.35 bits per heavy atom. The largest absolute Gasteiger partial charge is 0.491 e.